The molecule has 1 heterocycles. The van der Waals surface area contributed by atoms with Crippen LogP contribution in [0, 0.1) is 5.92 Å². The van der Waals surface area contributed by atoms with Gasteiger partial charge in [0.2, 0.25) is 0 Å². The van der Waals surface area contributed by atoms with Crippen molar-refractivity contribution in [1.82, 2.24) is 10.2 Å². The Morgan fingerprint density at radius 3 is 2.45 bits per heavy atom. The number of hydrogen-bond donors (Lipinski definition) is 2. The van der Waals surface area contributed by atoms with Crippen LogP contribution in [-0.2, 0) is 4.74 Å². The number of aliphatic hydroxyl groups is 1. The molecule has 0 aromatic heterocycles. The van der Waals surface area contributed by atoms with Crippen molar-refractivity contribution in [1.29, 1.82) is 0 Å². The molecular weight excluding hydrogens is 393 g/mol. The maximum absolute atomic E-state index is 9.60. The number of rotatable bonds is 7. The Kier molecular flexibility index (Phi) is 12.3. The Morgan fingerprint density at radius 2 is 1.95 bits per heavy atom. The second-order valence-corrected chi connectivity index (χ2v) is 5.98. The lowest BCUT2D eigenvalue weighted by atomic mass is 10.0. The molecule has 0 aromatic rings. The van der Waals surface area contributed by atoms with Gasteiger partial charge in [0, 0.05) is 32.8 Å². The molecule has 0 aromatic carbocycles. The minimum absolute atomic E-state index is 0. The van der Waals surface area contributed by atoms with Gasteiger partial charge in [0.05, 0.1) is 12.2 Å². The topological polar surface area (TPSA) is 57.1 Å². The van der Waals surface area contributed by atoms with Gasteiger partial charge in [-0.15, -0.1) is 24.0 Å². The molecule has 2 N–H and O–H groups in total. The first-order valence-electron chi connectivity index (χ1n) is 8.41. The second-order valence-electron chi connectivity index (χ2n) is 5.98. The van der Waals surface area contributed by atoms with E-state index in [4.69, 9.17) is 9.73 Å². The highest BCUT2D eigenvalue weighted by atomic mass is 127. The van der Waals surface area contributed by atoms with Crippen molar-refractivity contribution in [2.45, 2.75) is 59.2 Å². The molecule has 1 atom stereocenters. The van der Waals surface area contributed by atoms with Gasteiger partial charge in [-0.05, 0) is 39.0 Å². The maximum Gasteiger partial charge on any atom is 0.193 e. The van der Waals surface area contributed by atoms with Gasteiger partial charge in [-0.3, -0.25) is 4.99 Å². The lowest BCUT2D eigenvalue weighted by Crippen LogP contribution is -2.46. The van der Waals surface area contributed by atoms with Crippen LogP contribution in [0.3, 0.4) is 0 Å². The molecule has 0 aliphatic carbocycles. The highest BCUT2D eigenvalue weighted by Crippen LogP contribution is 2.12. The monoisotopic (exact) mass is 427 g/mol. The summed E-state index contributed by atoms with van der Waals surface area (Å²) in [6, 6.07) is 0. The van der Waals surface area contributed by atoms with Crippen LogP contribution in [0.15, 0.2) is 4.99 Å². The Bertz CT molecular complexity index is 306. The number of nitrogens with one attached hydrogen (secondary N) is 1. The van der Waals surface area contributed by atoms with Gasteiger partial charge in [0.15, 0.2) is 5.96 Å². The second kappa shape index (κ2) is 12.4. The fourth-order valence-corrected chi connectivity index (χ4v) is 2.62. The van der Waals surface area contributed by atoms with Crippen LogP contribution in [0.4, 0.5) is 0 Å². The molecule has 1 aliphatic heterocycles. The van der Waals surface area contributed by atoms with E-state index in [0.29, 0.717) is 5.92 Å². The summed E-state index contributed by atoms with van der Waals surface area (Å²) in [6.45, 7) is 12.7. The van der Waals surface area contributed by atoms with Crippen molar-refractivity contribution in [3.8, 4) is 0 Å². The van der Waals surface area contributed by atoms with Gasteiger partial charge in [-0.25, -0.2) is 0 Å². The molecule has 1 saturated heterocycles. The van der Waals surface area contributed by atoms with Gasteiger partial charge >= 0.3 is 0 Å². The summed E-state index contributed by atoms with van der Waals surface area (Å²) < 4.78 is 5.77. The van der Waals surface area contributed by atoms with E-state index in [1.807, 2.05) is 6.92 Å². The molecular formula is C16H34IN3O2. The summed E-state index contributed by atoms with van der Waals surface area (Å²) in [4.78, 5) is 6.99. The summed E-state index contributed by atoms with van der Waals surface area (Å²) in [6.07, 6.45) is 2.75. The predicted molar refractivity (Wildman–Crippen MR) is 103 cm³/mol. The molecule has 1 fully saturated rings. The normalized spacial score (nSPS) is 18.3. The van der Waals surface area contributed by atoms with E-state index in [1.54, 1.807) is 0 Å². The van der Waals surface area contributed by atoms with Crippen molar-refractivity contribution < 1.29 is 9.84 Å². The molecule has 132 valence electrons. The van der Waals surface area contributed by atoms with E-state index in [2.05, 4.69) is 31.0 Å². The minimum atomic E-state index is -0.146. The number of ether oxygens (including phenoxy) is 1. The SMILES string of the molecule is CCNC(=NCCC(OCC)C(C)C)N1CCC(O)CC1.I. The third kappa shape index (κ3) is 7.97. The number of halogens is 1. The van der Waals surface area contributed by atoms with Crippen LogP contribution in [0.25, 0.3) is 0 Å². The van der Waals surface area contributed by atoms with E-state index in [0.717, 1.165) is 58.0 Å². The summed E-state index contributed by atoms with van der Waals surface area (Å²) in [7, 11) is 0. The Hall–Kier alpha value is -0.0800. The predicted octanol–water partition coefficient (Wildman–Crippen LogP) is 2.48. The number of nitrogens with zero attached hydrogens (tertiary/aromatic N) is 2. The average Bonchev–Trinajstić information content (AvgIpc) is 2.46. The maximum atomic E-state index is 9.60. The lowest BCUT2D eigenvalue weighted by Gasteiger charge is -2.32. The Labute approximate surface area is 152 Å². The molecule has 0 spiro atoms. The Balaban J connectivity index is 0.00000441. The van der Waals surface area contributed by atoms with Crippen LogP contribution in [0.2, 0.25) is 0 Å². The highest BCUT2D eigenvalue weighted by Gasteiger charge is 2.20. The highest BCUT2D eigenvalue weighted by molar-refractivity contribution is 14.0. The summed E-state index contributed by atoms with van der Waals surface area (Å²) in [5.41, 5.74) is 0. The molecule has 0 amide bonds. The number of aliphatic hydroxyl groups excluding tert-OH is 1. The zero-order valence-corrected chi connectivity index (χ0v) is 16.9. The lowest BCUT2D eigenvalue weighted by molar-refractivity contribution is 0.0266. The summed E-state index contributed by atoms with van der Waals surface area (Å²) in [5.74, 6) is 1.50. The third-order valence-corrected chi connectivity index (χ3v) is 3.90. The van der Waals surface area contributed by atoms with Gasteiger partial charge < -0.3 is 20.1 Å². The first-order chi connectivity index (χ1) is 10.1. The molecule has 1 rings (SSSR count). The fourth-order valence-electron chi connectivity index (χ4n) is 2.62. The van der Waals surface area contributed by atoms with Gasteiger partial charge in [0.1, 0.15) is 0 Å². The quantitative estimate of drug-likeness (QED) is 0.373. The molecule has 5 nitrogen and oxygen atoms in total. The zero-order chi connectivity index (χ0) is 15.7. The number of piperidine rings is 1. The van der Waals surface area contributed by atoms with Crippen molar-refractivity contribution in [3.63, 3.8) is 0 Å². The van der Waals surface area contributed by atoms with Crippen LogP contribution in [0.1, 0.15) is 47.0 Å². The van der Waals surface area contributed by atoms with Crippen LogP contribution in [-0.4, -0.2) is 61.0 Å². The van der Waals surface area contributed by atoms with E-state index in [9.17, 15) is 5.11 Å². The Morgan fingerprint density at radius 1 is 1.32 bits per heavy atom. The number of likely N-dealkylation sites (tertiary alicyclic amines) is 1. The number of hydrogen-bond acceptors (Lipinski definition) is 3. The van der Waals surface area contributed by atoms with Crippen LogP contribution in [0.5, 0.6) is 0 Å². The third-order valence-electron chi connectivity index (χ3n) is 3.90. The van der Waals surface area contributed by atoms with E-state index < -0.39 is 0 Å². The molecule has 1 aliphatic rings. The first kappa shape index (κ1) is 21.9. The minimum Gasteiger partial charge on any atom is -0.393 e. The van der Waals surface area contributed by atoms with E-state index in [1.165, 1.54) is 0 Å². The largest absolute Gasteiger partial charge is 0.393 e. The molecule has 1 unspecified atom stereocenters. The smallest absolute Gasteiger partial charge is 0.193 e. The molecule has 0 bridgehead atoms. The molecule has 22 heavy (non-hydrogen) atoms. The van der Waals surface area contributed by atoms with Crippen molar-refractivity contribution in [2.24, 2.45) is 10.9 Å². The fraction of sp³-hybridized carbons (Fsp3) is 0.938. The van der Waals surface area contributed by atoms with Crippen LogP contribution < -0.4 is 5.32 Å². The molecule has 6 heteroatoms. The number of aliphatic imine (C=N–C) groups is 1. The molecule has 0 saturated carbocycles. The van der Waals surface area contributed by atoms with Gasteiger partial charge in [-0.2, -0.15) is 0 Å². The first-order valence-corrected chi connectivity index (χ1v) is 8.41. The van der Waals surface area contributed by atoms with Crippen LogP contribution >= 0.6 is 24.0 Å². The van der Waals surface area contributed by atoms with Crippen molar-refractivity contribution in [2.75, 3.05) is 32.8 Å². The van der Waals surface area contributed by atoms with Gasteiger partial charge in [0.25, 0.3) is 0 Å². The average molecular weight is 427 g/mol. The van der Waals surface area contributed by atoms with Gasteiger partial charge in [-0.1, -0.05) is 13.8 Å². The van der Waals surface area contributed by atoms with E-state index >= 15 is 0 Å². The summed E-state index contributed by atoms with van der Waals surface area (Å²) >= 11 is 0. The standard InChI is InChI=1S/C16H33N3O2.HI/c1-5-17-16(19-11-8-14(20)9-12-19)18-10-7-15(13(3)4)21-6-2;/h13-15,20H,5-12H2,1-4H3,(H,17,18);1H. The van der Waals surface area contributed by atoms with Crippen molar-refractivity contribution in [3.05, 3.63) is 0 Å². The molecule has 0 radical (unpaired) electrons. The number of guanidine groups is 1. The van der Waals surface area contributed by atoms with E-state index in [-0.39, 0.29) is 36.2 Å². The zero-order valence-electron chi connectivity index (χ0n) is 14.5. The van der Waals surface area contributed by atoms with Crippen molar-refractivity contribution >= 4 is 29.9 Å². The summed E-state index contributed by atoms with van der Waals surface area (Å²) in [5, 5.41) is 13.0.